The number of amides is 2. The number of hydrogen-bond acceptors (Lipinski definition) is 4. The van der Waals surface area contributed by atoms with Gasteiger partial charge >= 0.3 is 11.8 Å². The number of fused-ring (bicyclic) bond motifs is 1. The molecule has 0 saturated heterocycles. The van der Waals surface area contributed by atoms with E-state index < -0.39 is 17.6 Å². The maximum absolute atomic E-state index is 13.7. The summed E-state index contributed by atoms with van der Waals surface area (Å²) < 4.78 is 13.7. The van der Waals surface area contributed by atoms with Gasteiger partial charge in [0, 0.05) is 37.7 Å². The first-order chi connectivity index (χ1) is 15.5. The molecule has 0 bridgehead atoms. The minimum absolute atomic E-state index is 0.134. The number of anilines is 1. The van der Waals surface area contributed by atoms with Crippen LogP contribution in [0.5, 0.6) is 0 Å². The minimum Gasteiger partial charge on any atom is -0.346 e. The molecule has 0 radical (unpaired) electrons. The molecule has 2 heterocycles. The predicted molar refractivity (Wildman–Crippen MR) is 120 cm³/mol. The van der Waals surface area contributed by atoms with Gasteiger partial charge in [0.25, 0.3) is 0 Å². The van der Waals surface area contributed by atoms with Gasteiger partial charge in [-0.3, -0.25) is 19.5 Å². The lowest BCUT2D eigenvalue weighted by Crippen LogP contribution is -2.43. The molecule has 1 aliphatic heterocycles. The van der Waals surface area contributed by atoms with Crippen molar-refractivity contribution < 1.29 is 14.0 Å². The zero-order valence-electron chi connectivity index (χ0n) is 17.8. The highest BCUT2D eigenvalue weighted by Gasteiger charge is 2.26. The van der Waals surface area contributed by atoms with E-state index in [1.165, 1.54) is 17.2 Å². The lowest BCUT2D eigenvalue weighted by atomic mass is 9.97. The number of aromatic nitrogens is 1. The second-order valence-corrected chi connectivity index (χ2v) is 7.92. The number of benzene rings is 2. The highest BCUT2D eigenvalue weighted by Crippen LogP contribution is 2.27. The van der Waals surface area contributed by atoms with Crippen molar-refractivity contribution >= 4 is 17.5 Å². The monoisotopic (exact) mass is 432 g/mol. The molecule has 0 spiro atoms. The van der Waals surface area contributed by atoms with Crippen LogP contribution in [0.1, 0.15) is 28.3 Å². The summed E-state index contributed by atoms with van der Waals surface area (Å²) in [5.41, 5.74) is 4.27. The lowest BCUT2D eigenvalue weighted by Gasteiger charge is -2.35. The van der Waals surface area contributed by atoms with Gasteiger partial charge in [-0.2, -0.15) is 0 Å². The van der Waals surface area contributed by atoms with Crippen molar-refractivity contribution in [3.8, 4) is 0 Å². The second kappa shape index (κ2) is 9.70. The van der Waals surface area contributed by atoms with Crippen LogP contribution < -0.4 is 10.6 Å². The number of pyridine rings is 1. The smallest absolute Gasteiger partial charge is 0.313 e. The third-order valence-electron chi connectivity index (χ3n) is 5.76. The van der Waals surface area contributed by atoms with E-state index in [-0.39, 0.29) is 18.3 Å². The first-order valence-electron chi connectivity index (χ1n) is 10.6. The molecule has 3 aromatic rings. The average Bonchev–Trinajstić information content (AvgIpc) is 2.82. The summed E-state index contributed by atoms with van der Waals surface area (Å²) in [5.74, 6) is -2.04. The number of carbonyl (C=O) groups excluding carboxylic acids is 2. The van der Waals surface area contributed by atoms with E-state index in [0.29, 0.717) is 5.56 Å². The molecule has 32 heavy (non-hydrogen) atoms. The standard InChI is InChI=1S/C25H25FN4O2/c1-17-8-9-21(13-22(17)26)29-25(32)24(31)28-15-23(19-7-4-11-27-14-19)30-12-10-18-5-2-3-6-20(18)16-30/h2-9,11,13-14,23H,10,12,15-16H2,1H3,(H,28,31)(H,29,32)/t23-/m1/s1. The van der Waals surface area contributed by atoms with Crippen LogP contribution in [0.15, 0.2) is 67.0 Å². The SMILES string of the molecule is Cc1ccc(NC(=O)C(=O)NC[C@H](c2cccnc2)N2CCc3ccccc3C2)cc1F. The molecule has 1 atom stereocenters. The largest absolute Gasteiger partial charge is 0.346 e. The molecule has 6 nitrogen and oxygen atoms in total. The molecular formula is C25H25FN4O2. The van der Waals surface area contributed by atoms with Gasteiger partial charge in [0.2, 0.25) is 0 Å². The Morgan fingerprint density at radius 1 is 1.09 bits per heavy atom. The van der Waals surface area contributed by atoms with E-state index in [0.717, 1.165) is 25.1 Å². The quantitative estimate of drug-likeness (QED) is 0.606. The number of aryl methyl sites for hydroxylation is 1. The van der Waals surface area contributed by atoms with Crippen molar-refractivity contribution in [3.05, 3.63) is 95.1 Å². The second-order valence-electron chi connectivity index (χ2n) is 7.92. The van der Waals surface area contributed by atoms with Gasteiger partial charge in [0.1, 0.15) is 5.82 Å². The number of nitrogens with one attached hydrogen (secondary N) is 2. The Balaban J connectivity index is 1.44. The van der Waals surface area contributed by atoms with E-state index in [1.807, 2.05) is 24.3 Å². The molecule has 2 aromatic carbocycles. The number of halogens is 1. The van der Waals surface area contributed by atoms with Crippen molar-refractivity contribution in [3.63, 3.8) is 0 Å². The van der Waals surface area contributed by atoms with Crippen molar-refractivity contribution in [2.75, 3.05) is 18.4 Å². The number of carbonyl (C=O) groups is 2. The number of rotatable bonds is 5. The summed E-state index contributed by atoms with van der Waals surface area (Å²) >= 11 is 0. The first kappa shape index (κ1) is 21.6. The molecule has 0 saturated carbocycles. The van der Waals surface area contributed by atoms with Crippen LogP contribution in [-0.2, 0) is 22.6 Å². The molecular weight excluding hydrogens is 407 g/mol. The highest BCUT2D eigenvalue weighted by molar-refractivity contribution is 6.39. The third-order valence-corrected chi connectivity index (χ3v) is 5.76. The molecule has 2 amide bonds. The van der Waals surface area contributed by atoms with Gasteiger partial charge in [-0.15, -0.1) is 0 Å². The van der Waals surface area contributed by atoms with Crippen LogP contribution in [0, 0.1) is 12.7 Å². The summed E-state index contributed by atoms with van der Waals surface area (Å²) in [6, 6.07) is 16.4. The summed E-state index contributed by atoms with van der Waals surface area (Å²) in [7, 11) is 0. The van der Waals surface area contributed by atoms with Crippen LogP contribution in [0.2, 0.25) is 0 Å². The minimum atomic E-state index is -0.831. The fraction of sp³-hybridized carbons (Fsp3) is 0.240. The molecule has 2 N–H and O–H groups in total. The van der Waals surface area contributed by atoms with E-state index in [1.54, 1.807) is 31.5 Å². The number of nitrogens with zero attached hydrogens (tertiary/aromatic N) is 2. The fourth-order valence-corrected chi connectivity index (χ4v) is 3.94. The van der Waals surface area contributed by atoms with E-state index in [4.69, 9.17) is 0 Å². The molecule has 0 fully saturated rings. The molecule has 164 valence electrons. The topological polar surface area (TPSA) is 74.3 Å². The van der Waals surface area contributed by atoms with Gasteiger partial charge in [-0.1, -0.05) is 36.4 Å². The van der Waals surface area contributed by atoms with Crippen LogP contribution in [0.25, 0.3) is 0 Å². The lowest BCUT2D eigenvalue weighted by molar-refractivity contribution is -0.136. The summed E-state index contributed by atoms with van der Waals surface area (Å²) in [6.45, 7) is 3.47. The van der Waals surface area contributed by atoms with E-state index in [2.05, 4.69) is 32.7 Å². The predicted octanol–water partition coefficient (Wildman–Crippen LogP) is 3.38. The third kappa shape index (κ3) is 5.00. The Morgan fingerprint density at radius 3 is 2.66 bits per heavy atom. The highest BCUT2D eigenvalue weighted by atomic mass is 19.1. The normalized spacial score (nSPS) is 14.3. The van der Waals surface area contributed by atoms with Crippen molar-refractivity contribution in [2.45, 2.75) is 25.9 Å². The summed E-state index contributed by atoms with van der Waals surface area (Å²) in [6.07, 6.45) is 4.41. The fourth-order valence-electron chi connectivity index (χ4n) is 3.94. The van der Waals surface area contributed by atoms with Crippen LogP contribution in [0.3, 0.4) is 0 Å². The maximum atomic E-state index is 13.7. The Kier molecular flexibility index (Phi) is 6.56. The van der Waals surface area contributed by atoms with Crippen LogP contribution in [-0.4, -0.2) is 34.8 Å². The van der Waals surface area contributed by atoms with Gasteiger partial charge in [-0.25, -0.2) is 4.39 Å². The Hall–Kier alpha value is -3.58. The summed E-state index contributed by atoms with van der Waals surface area (Å²) in [5, 5.41) is 5.18. The van der Waals surface area contributed by atoms with E-state index in [9.17, 15) is 14.0 Å². The summed E-state index contributed by atoms with van der Waals surface area (Å²) in [4.78, 5) is 31.3. The Morgan fingerprint density at radius 2 is 1.91 bits per heavy atom. The molecule has 4 rings (SSSR count). The number of hydrogen-bond donors (Lipinski definition) is 2. The molecule has 7 heteroatoms. The van der Waals surface area contributed by atoms with E-state index >= 15 is 0 Å². The van der Waals surface area contributed by atoms with Crippen molar-refractivity contribution in [1.29, 1.82) is 0 Å². The Labute approximate surface area is 186 Å². The van der Waals surface area contributed by atoms with Gasteiger partial charge in [0.05, 0.1) is 6.04 Å². The van der Waals surface area contributed by atoms with Gasteiger partial charge in [-0.05, 0) is 53.8 Å². The zero-order chi connectivity index (χ0) is 22.5. The Bertz CT molecular complexity index is 1120. The van der Waals surface area contributed by atoms with Crippen LogP contribution >= 0.6 is 0 Å². The molecule has 0 unspecified atom stereocenters. The van der Waals surface area contributed by atoms with Crippen LogP contribution in [0.4, 0.5) is 10.1 Å². The molecule has 0 aliphatic carbocycles. The zero-order valence-corrected chi connectivity index (χ0v) is 17.8. The van der Waals surface area contributed by atoms with Gasteiger partial charge < -0.3 is 10.6 Å². The maximum Gasteiger partial charge on any atom is 0.313 e. The average molecular weight is 432 g/mol. The first-order valence-corrected chi connectivity index (χ1v) is 10.6. The van der Waals surface area contributed by atoms with Crippen molar-refractivity contribution in [2.24, 2.45) is 0 Å². The molecule has 1 aliphatic rings. The van der Waals surface area contributed by atoms with Gasteiger partial charge in [0.15, 0.2) is 0 Å². The van der Waals surface area contributed by atoms with Crippen molar-refractivity contribution in [1.82, 2.24) is 15.2 Å². The molecule has 1 aromatic heterocycles.